The van der Waals surface area contributed by atoms with E-state index in [1.807, 2.05) is 18.2 Å². The van der Waals surface area contributed by atoms with Gasteiger partial charge in [0.15, 0.2) is 15.0 Å². The first kappa shape index (κ1) is 22.5. The van der Waals surface area contributed by atoms with E-state index in [-0.39, 0.29) is 29.7 Å². The van der Waals surface area contributed by atoms with Gasteiger partial charge in [0.1, 0.15) is 10.8 Å². The summed E-state index contributed by atoms with van der Waals surface area (Å²) in [6.07, 6.45) is 7.71. The number of aliphatic hydroxyl groups is 1. The number of aromatic nitrogens is 3. The molecule has 33 heavy (non-hydrogen) atoms. The number of rotatable bonds is 7. The van der Waals surface area contributed by atoms with Crippen LogP contribution in [0.4, 0.5) is 21.9 Å². The fourth-order valence-electron chi connectivity index (χ4n) is 4.38. The number of fused-ring (bicyclic) bond motifs is 1. The second kappa shape index (κ2) is 9.53. The number of hydrogen-bond donors (Lipinski definition) is 5. The molecule has 178 valence electrons. The van der Waals surface area contributed by atoms with Crippen molar-refractivity contribution in [3.8, 4) is 0 Å². The Bertz CT molecular complexity index is 1130. The van der Waals surface area contributed by atoms with Gasteiger partial charge in [0.2, 0.25) is 5.95 Å². The molecule has 0 aromatic carbocycles. The van der Waals surface area contributed by atoms with Gasteiger partial charge >= 0.3 is 0 Å². The van der Waals surface area contributed by atoms with Gasteiger partial charge in [-0.05, 0) is 38.2 Å². The van der Waals surface area contributed by atoms with Crippen molar-refractivity contribution < 1.29 is 13.5 Å². The molecule has 1 unspecified atom stereocenters. The molecular formula is C21H29N7O3S2. The zero-order valence-corrected chi connectivity index (χ0v) is 19.9. The Labute approximate surface area is 197 Å². The van der Waals surface area contributed by atoms with E-state index in [4.69, 9.17) is 0 Å². The number of aliphatic hydroxyl groups excluding tert-OH is 1. The normalized spacial score (nSPS) is 25.9. The van der Waals surface area contributed by atoms with Crippen LogP contribution >= 0.6 is 11.3 Å². The third-order valence-corrected chi connectivity index (χ3v) is 8.87. The van der Waals surface area contributed by atoms with Gasteiger partial charge in [-0.25, -0.2) is 18.4 Å². The van der Waals surface area contributed by atoms with E-state index in [1.54, 1.807) is 0 Å². The summed E-state index contributed by atoms with van der Waals surface area (Å²) < 4.78 is 23.5. The molecular weight excluding hydrogens is 462 g/mol. The second-order valence-electron chi connectivity index (χ2n) is 8.84. The van der Waals surface area contributed by atoms with Crippen LogP contribution in [0, 0.1) is 0 Å². The smallest absolute Gasteiger partial charge is 0.225 e. The summed E-state index contributed by atoms with van der Waals surface area (Å²) in [7, 11) is -2.94. The first-order chi connectivity index (χ1) is 15.9. The molecule has 2 aromatic rings. The third kappa shape index (κ3) is 5.81. The summed E-state index contributed by atoms with van der Waals surface area (Å²) >= 11 is 1.54. The zero-order chi connectivity index (χ0) is 22.8. The van der Waals surface area contributed by atoms with Gasteiger partial charge in [-0.3, -0.25) is 0 Å². The molecule has 12 heteroatoms. The Kier molecular flexibility index (Phi) is 6.50. The van der Waals surface area contributed by atoms with Crippen LogP contribution < -0.4 is 21.3 Å². The maximum Gasteiger partial charge on any atom is 0.225 e. The molecule has 1 saturated heterocycles. The molecule has 3 aliphatic rings. The molecule has 0 spiro atoms. The molecule has 5 N–H and O–H groups in total. The van der Waals surface area contributed by atoms with Crippen molar-refractivity contribution in [2.45, 2.75) is 56.8 Å². The van der Waals surface area contributed by atoms with Crippen LogP contribution in [0.25, 0.3) is 6.08 Å². The van der Waals surface area contributed by atoms with E-state index in [2.05, 4.69) is 36.2 Å². The average Bonchev–Trinajstić information content (AvgIpc) is 3.35. The predicted molar refractivity (Wildman–Crippen MR) is 131 cm³/mol. The summed E-state index contributed by atoms with van der Waals surface area (Å²) in [6.45, 7) is 1.24. The molecule has 1 aliphatic carbocycles. The van der Waals surface area contributed by atoms with Crippen LogP contribution in [0.3, 0.4) is 0 Å². The number of sulfone groups is 1. The van der Waals surface area contributed by atoms with Crippen molar-refractivity contribution in [3.63, 3.8) is 0 Å². The first-order valence-corrected chi connectivity index (χ1v) is 14.0. The van der Waals surface area contributed by atoms with Crippen LogP contribution in [0.15, 0.2) is 12.1 Å². The zero-order valence-electron chi connectivity index (χ0n) is 18.2. The molecule has 1 saturated carbocycles. The Morgan fingerprint density at radius 3 is 2.73 bits per heavy atom. The summed E-state index contributed by atoms with van der Waals surface area (Å²) in [5.74, 6) is 1.56. The van der Waals surface area contributed by atoms with Gasteiger partial charge in [-0.1, -0.05) is 17.4 Å². The fraction of sp³-hybridized carbons (Fsp3) is 0.571. The van der Waals surface area contributed by atoms with Crippen LogP contribution in [0.5, 0.6) is 0 Å². The van der Waals surface area contributed by atoms with Gasteiger partial charge in [-0.2, -0.15) is 4.98 Å². The number of anilines is 4. The lowest BCUT2D eigenvalue weighted by Gasteiger charge is -2.26. The molecule has 0 radical (unpaired) electrons. The Hall–Kier alpha value is -2.28. The fourth-order valence-corrected chi connectivity index (χ4v) is 6.96. The van der Waals surface area contributed by atoms with Crippen molar-refractivity contribution in [1.82, 2.24) is 20.3 Å². The molecule has 4 heterocycles. The van der Waals surface area contributed by atoms with Crippen LogP contribution in [-0.2, 0) is 16.4 Å². The Balaban J connectivity index is 1.32. The van der Waals surface area contributed by atoms with Crippen LogP contribution in [0.1, 0.15) is 43.5 Å². The highest BCUT2D eigenvalue weighted by atomic mass is 32.2. The maximum absolute atomic E-state index is 11.8. The van der Waals surface area contributed by atoms with Crippen molar-refractivity contribution >= 4 is 49.1 Å². The molecule has 1 atom stereocenters. The largest absolute Gasteiger partial charge is 0.393 e. The van der Waals surface area contributed by atoms with Crippen LogP contribution in [0.2, 0.25) is 0 Å². The highest BCUT2D eigenvalue weighted by Crippen LogP contribution is 2.33. The molecule has 10 nitrogen and oxygen atoms in total. The van der Waals surface area contributed by atoms with E-state index in [1.165, 1.54) is 11.3 Å². The minimum Gasteiger partial charge on any atom is -0.393 e. The van der Waals surface area contributed by atoms with E-state index in [0.29, 0.717) is 24.7 Å². The van der Waals surface area contributed by atoms with Gasteiger partial charge < -0.3 is 26.4 Å². The highest BCUT2D eigenvalue weighted by Gasteiger charge is 2.27. The predicted octanol–water partition coefficient (Wildman–Crippen LogP) is 2.11. The van der Waals surface area contributed by atoms with Gasteiger partial charge in [0, 0.05) is 31.2 Å². The Morgan fingerprint density at radius 2 is 1.97 bits per heavy atom. The van der Waals surface area contributed by atoms with Gasteiger partial charge in [0.25, 0.3) is 0 Å². The topological polar surface area (TPSA) is 141 Å². The molecule has 2 fully saturated rings. The summed E-state index contributed by atoms with van der Waals surface area (Å²) in [5, 5.41) is 24.9. The maximum atomic E-state index is 11.8. The lowest BCUT2D eigenvalue weighted by molar-refractivity contribution is 0.126. The minimum absolute atomic E-state index is 0.0545. The Morgan fingerprint density at radius 1 is 1.12 bits per heavy atom. The lowest BCUT2D eigenvalue weighted by Crippen LogP contribution is -2.31. The van der Waals surface area contributed by atoms with Crippen molar-refractivity contribution in [2.24, 2.45) is 0 Å². The lowest BCUT2D eigenvalue weighted by atomic mass is 9.93. The minimum atomic E-state index is -2.94. The third-order valence-electron chi connectivity index (χ3n) is 6.16. The molecule has 2 aliphatic heterocycles. The number of hydrogen-bond acceptors (Lipinski definition) is 11. The van der Waals surface area contributed by atoms with Crippen molar-refractivity contribution in [2.75, 3.05) is 34.0 Å². The summed E-state index contributed by atoms with van der Waals surface area (Å²) in [5.41, 5.74) is 1.68. The van der Waals surface area contributed by atoms with E-state index in [0.717, 1.165) is 53.7 Å². The first-order valence-electron chi connectivity index (χ1n) is 11.4. The summed E-state index contributed by atoms with van der Waals surface area (Å²) in [6, 6.07) is 2.03. The number of thiazole rings is 1. The molecule has 5 rings (SSSR count). The molecule has 0 bridgehead atoms. The quantitative estimate of drug-likeness (QED) is 0.391. The standard InChI is InChI=1S/C21H29N7O3S2/c29-16-5-3-13(4-6-16)24-20-25-15(11-23-14-7-9-33(30,31)12-14)10-18(27-20)28-21-26-17-2-1-8-22-19(17)32-21/h1-2,10,13-14,16,22-23,29H,3-9,11-12H2,(H2,24,25,26,27,28). The summed E-state index contributed by atoms with van der Waals surface area (Å²) in [4.78, 5) is 14.0. The van der Waals surface area contributed by atoms with Crippen molar-refractivity contribution in [1.29, 1.82) is 0 Å². The highest BCUT2D eigenvalue weighted by molar-refractivity contribution is 7.91. The van der Waals surface area contributed by atoms with E-state index < -0.39 is 9.84 Å². The second-order valence-corrected chi connectivity index (χ2v) is 12.1. The van der Waals surface area contributed by atoms with Crippen LogP contribution in [-0.4, -0.2) is 64.7 Å². The van der Waals surface area contributed by atoms with Crippen molar-refractivity contribution in [3.05, 3.63) is 23.5 Å². The number of nitrogens with zero attached hydrogens (tertiary/aromatic N) is 3. The average molecular weight is 492 g/mol. The molecule has 2 aromatic heterocycles. The number of nitrogens with one attached hydrogen (secondary N) is 4. The van der Waals surface area contributed by atoms with E-state index in [9.17, 15) is 13.5 Å². The van der Waals surface area contributed by atoms with Gasteiger partial charge in [0.05, 0.1) is 29.0 Å². The van der Waals surface area contributed by atoms with E-state index >= 15 is 0 Å². The van der Waals surface area contributed by atoms with Gasteiger partial charge in [-0.15, -0.1) is 0 Å². The monoisotopic (exact) mass is 491 g/mol. The molecule has 0 amide bonds. The SMILES string of the molecule is O=S1(=O)CCC(NCc2cc(Nc3nc4c(s3)NCC=C4)nc(NC3CCC(O)CC3)n2)C1.